The second kappa shape index (κ2) is 6.87. The molecule has 2 rings (SSSR count). The van der Waals surface area contributed by atoms with Gasteiger partial charge in [0.25, 0.3) is 0 Å². The largest absolute Gasteiger partial charge is 0.465 e. The van der Waals surface area contributed by atoms with Gasteiger partial charge >= 0.3 is 5.97 Å². The maximum atomic E-state index is 12.4. The van der Waals surface area contributed by atoms with Crippen molar-refractivity contribution in [2.24, 2.45) is 0 Å². The van der Waals surface area contributed by atoms with Crippen molar-refractivity contribution in [1.29, 1.82) is 0 Å². The van der Waals surface area contributed by atoms with Crippen LogP contribution in [-0.2, 0) is 19.6 Å². The molecule has 20 heavy (non-hydrogen) atoms. The SMILES string of the molecule is CCOC(=O)CS(=O)(=O)N1CCCCC1C1CCCN1. The Bertz CT molecular complexity index is 432. The minimum absolute atomic E-state index is 0.00863. The molecule has 1 N–H and O–H groups in total. The summed E-state index contributed by atoms with van der Waals surface area (Å²) < 4.78 is 31.2. The molecule has 0 aliphatic carbocycles. The van der Waals surface area contributed by atoms with E-state index in [1.165, 1.54) is 4.31 Å². The van der Waals surface area contributed by atoms with Crippen molar-refractivity contribution >= 4 is 16.0 Å². The van der Waals surface area contributed by atoms with Crippen LogP contribution in [0.25, 0.3) is 0 Å². The zero-order valence-corrected chi connectivity index (χ0v) is 12.8. The highest BCUT2D eigenvalue weighted by molar-refractivity contribution is 7.89. The van der Waals surface area contributed by atoms with Crippen LogP contribution in [0.5, 0.6) is 0 Å². The predicted molar refractivity (Wildman–Crippen MR) is 75.8 cm³/mol. The first-order valence-electron chi connectivity index (χ1n) is 7.43. The van der Waals surface area contributed by atoms with E-state index >= 15 is 0 Å². The molecule has 0 amide bonds. The van der Waals surface area contributed by atoms with Crippen molar-refractivity contribution in [1.82, 2.24) is 9.62 Å². The van der Waals surface area contributed by atoms with Crippen LogP contribution in [0, 0.1) is 0 Å². The van der Waals surface area contributed by atoms with Gasteiger partial charge in [-0.2, -0.15) is 4.31 Å². The first-order chi connectivity index (χ1) is 9.54. The van der Waals surface area contributed by atoms with E-state index in [-0.39, 0.29) is 18.7 Å². The minimum Gasteiger partial charge on any atom is -0.465 e. The first-order valence-corrected chi connectivity index (χ1v) is 9.04. The number of nitrogens with zero attached hydrogens (tertiary/aromatic N) is 1. The number of carbonyl (C=O) groups excluding carboxylic acids is 1. The highest BCUT2D eigenvalue weighted by atomic mass is 32.2. The molecule has 0 aromatic heterocycles. The van der Waals surface area contributed by atoms with Crippen molar-refractivity contribution in [3.63, 3.8) is 0 Å². The van der Waals surface area contributed by atoms with E-state index in [1.54, 1.807) is 6.92 Å². The third-order valence-corrected chi connectivity index (χ3v) is 5.79. The maximum absolute atomic E-state index is 12.4. The summed E-state index contributed by atoms with van der Waals surface area (Å²) in [7, 11) is -3.57. The second-order valence-electron chi connectivity index (χ2n) is 5.44. The van der Waals surface area contributed by atoms with Gasteiger partial charge in [0.1, 0.15) is 0 Å². The average molecular weight is 304 g/mol. The van der Waals surface area contributed by atoms with Crippen molar-refractivity contribution in [3.8, 4) is 0 Å². The van der Waals surface area contributed by atoms with Gasteiger partial charge in [-0.25, -0.2) is 8.42 Å². The van der Waals surface area contributed by atoms with Gasteiger partial charge in [0.2, 0.25) is 10.0 Å². The molecule has 2 aliphatic rings. The second-order valence-corrected chi connectivity index (χ2v) is 7.36. The highest BCUT2D eigenvalue weighted by Gasteiger charge is 2.38. The summed E-state index contributed by atoms with van der Waals surface area (Å²) in [6, 6.07) is 0.220. The quantitative estimate of drug-likeness (QED) is 0.748. The number of nitrogens with one attached hydrogen (secondary N) is 1. The molecule has 0 radical (unpaired) electrons. The summed E-state index contributed by atoms with van der Waals surface area (Å²) in [4.78, 5) is 11.5. The molecule has 2 aliphatic heterocycles. The van der Waals surface area contributed by atoms with Crippen LogP contribution >= 0.6 is 0 Å². The van der Waals surface area contributed by atoms with Crippen LogP contribution in [0.1, 0.15) is 39.0 Å². The maximum Gasteiger partial charge on any atom is 0.322 e. The molecular weight excluding hydrogens is 280 g/mol. The van der Waals surface area contributed by atoms with Crippen LogP contribution in [0.2, 0.25) is 0 Å². The van der Waals surface area contributed by atoms with Crippen molar-refractivity contribution < 1.29 is 17.9 Å². The molecule has 0 bridgehead atoms. The van der Waals surface area contributed by atoms with Gasteiger partial charge in [-0.1, -0.05) is 6.42 Å². The van der Waals surface area contributed by atoms with E-state index in [0.717, 1.165) is 38.6 Å². The smallest absolute Gasteiger partial charge is 0.322 e. The average Bonchev–Trinajstić information content (AvgIpc) is 2.92. The molecule has 2 unspecified atom stereocenters. The molecule has 2 atom stereocenters. The number of sulfonamides is 1. The number of piperidine rings is 1. The predicted octanol–water partition coefficient (Wildman–Crippen LogP) is 0.486. The van der Waals surface area contributed by atoms with Gasteiger partial charge in [-0.3, -0.25) is 4.79 Å². The number of rotatable bonds is 5. The van der Waals surface area contributed by atoms with E-state index in [4.69, 9.17) is 4.74 Å². The van der Waals surface area contributed by atoms with Gasteiger partial charge in [-0.15, -0.1) is 0 Å². The lowest BCUT2D eigenvalue weighted by atomic mass is 9.97. The zero-order chi connectivity index (χ0) is 14.6. The summed E-state index contributed by atoms with van der Waals surface area (Å²) in [5.41, 5.74) is 0. The summed E-state index contributed by atoms with van der Waals surface area (Å²) in [6.07, 6.45) is 4.89. The van der Waals surface area contributed by atoms with Crippen LogP contribution in [0.3, 0.4) is 0 Å². The van der Waals surface area contributed by atoms with Gasteiger partial charge < -0.3 is 10.1 Å². The monoisotopic (exact) mass is 304 g/mol. The van der Waals surface area contributed by atoms with E-state index < -0.39 is 21.7 Å². The molecule has 0 saturated carbocycles. The van der Waals surface area contributed by atoms with Gasteiger partial charge in [0, 0.05) is 18.6 Å². The topological polar surface area (TPSA) is 75.7 Å². The summed E-state index contributed by atoms with van der Waals surface area (Å²) in [6.45, 7) is 3.36. The van der Waals surface area contributed by atoms with E-state index in [0.29, 0.717) is 6.54 Å². The Morgan fingerprint density at radius 2 is 2.10 bits per heavy atom. The molecular formula is C13H24N2O4S. The third-order valence-electron chi connectivity index (χ3n) is 4.02. The van der Waals surface area contributed by atoms with Crippen LogP contribution in [0.15, 0.2) is 0 Å². The Balaban J connectivity index is 2.07. The zero-order valence-electron chi connectivity index (χ0n) is 12.0. The lowest BCUT2D eigenvalue weighted by Crippen LogP contribution is -2.53. The Hall–Kier alpha value is -0.660. The fourth-order valence-electron chi connectivity index (χ4n) is 3.15. The normalized spacial score (nSPS) is 28.4. The molecule has 0 aromatic carbocycles. The Labute approximate surface area is 120 Å². The lowest BCUT2D eigenvalue weighted by Gasteiger charge is -2.38. The van der Waals surface area contributed by atoms with Gasteiger partial charge in [0.15, 0.2) is 5.75 Å². The molecule has 0 aromatic rings. The van der Waals surface area contributed by atoms with Crippen LogP contribution in [0.4, 0.5) is 0 Å². The van der Waals surface area contributed by atoms with E-state index in [2.05, 4.69) is 5.32 Å². The van der Waals surface area contributed by atoms with Crippen molar-refractivity contribution in [2.45, 2.75) is 51.1 Å². The molecule has 7 heteroatoms. The van der Waals surface area contributed by atoms with E-state index in [9.17, 15) is 13.2 Å². The molecule has 2 fully saturated rings. The standard InChI is InChI=1S/C13H24N2O4S/c1-2-19-13(16)10-20(17,18)15-9-4-3-7-12(15)11-6-5-8-14-11/h11-12,14H,2-10H2,1H3. The van der Waals surface area contributed by atoms with Gasteiger partial charge in [0.05, 0.1) is 6.61 Å². The third kappa shape index (κ3) is 3.71. The Morgan fingerprint density at radius 3 is 2.75 bits per heavy atom. The number of esters is 1. The van der Waals surface area contributed by atoms with Crippen LogP contribution < -0.4 is 5.32 Å². The van der Waals surface area contributed by atoms with Gasteiger partial charge in [-0.05, 0) is 39.2 Å². The molecule has 2 saturated heterocycles. The Morgan fingerprint density at radius 1 is 1.30 bits per heavy atom. The summed E-state index contributed by atoms with van der Waals surface area (Å²) in [5, 5.41) is 3.38. The first kappa shape index (κ1) is 15.7. The van der Waals surface area contributed by atoms with Crippen molar-refractivity contribution in [3.05, 3.63) is 0 Å². The molecule has 2 heterocycles. The number of ether oxygens (including phenoxy) is 1. The molecule has 116 valence electrons. The summed E-state index contributed by atoms with van der Waals surface area (Å²) >= 11 is 0. The number of carbonyl (C=O) groups is 1. The van der Waals surface area contributed by atoms with Crippen LogP contribution in [-0.4, -0.2) is 56.2 Å². The highest BCUT2D eigenvalue weighted by Crippen LogP contribution is 2.26. The molecule has 6 nitrogen and oxygen atoms in total. The fraction of sp³-hybridized carbons (Fsp3) is 0.923. The number of hydrogen-bond donors (Lipinski definition) is 1. The summed E-state index contributed by atoms with van der Waals surface area (Å²) in [5.74, 6) is -1.19. The number of hydrogen-bond acceptors (Lipinski definition) is 5. The van der Waals surface area contributed by atoms with Crippen molar-refractivity contribution in [2.75, 3.05) is 25.4 Å². The Kier molecular flexibility index (Phi) is 5.40. The molecule has 0 spiro atoms. The van der Waals surface area contributed by atoms with E-state index in [1.807, 2.05) is 0 Å². The lowest BCUT2D eigenvalue weighted by molar-refractivity contribution is -0.140. The minimum atomic E-state index is -3.57. The fourth-order valence-corrected chi connectivity index (χ4v) is 4.77.